The molecule has 2 bridgehead atoms. The van der Waals surface area contributed by atoms with E-state index in [1.54, 1.807) is 25.7 Å². The fourth-order valence-corrected chi connectivity index (χ4v) is 7.16. The fraction of sp³-hybridized carbons (Fsp3) is 0.483. The van der Waals surface area contributed by atoms with Gasteiger partial charge in [0.15, 0.2) is 0 Å². The number of esters is 3. The molecule has 2 saturated carbocycles. The number of rotatable bonds is 5. The van der Waals surface area contributed by atoms with Gasteiger partial charge in [-0.15, -0.1) is 0 Å². The molecule has 4 aliphatic rings. The molecule has 0 N–H and O–H groups in total. The van der Waals surface area contributed by atoms with Crippen LogP contribution in [-0.2, 0) is 28.6 Å². The summed E-state index contributed by atoms with van der Waals surface area (Å²) in [5.74, 6) is -1.30. The molecule has 2 aromatic rings. The number of ether oxygens (including phenoxy) is 4. The van der Waals surface area contributed by atoms with E-state index in [9.17, 15) is 14.4 Å². The maximum atomic E-state index is 13.3. The molecule has 1 aromatic heterocycles. The molecular formula is C29H30O8. The van der Waals surface area contributed by atoms with Crippen molar-refractivity contribution < 1.29 is 37.7 Å². The Labute approximate surface area is 214 Å². The molecule has 194 valence electrons. The number of furan rings is 1. The van der Waals surface area contributed by atoms with E-state index in [4.69, 9.17) is 23.4 Å². The molecule has 6 rings (SSSR count). The average Bonchev–Trinajstić information content (AvgIpc) is 3.52. The van der Waals surface area contributed by atoms with Crippen LogP contribution in [0.15, 0.2) is 53.4 Å². The van der Waals surface area contributed by atoms with Crippen molar-refractivity contribution in [3.8, 4) is 5.75 Å². The van der Waals surface area contributed by atoms with E-state index in [0.29, 0.717) is 25.7 Å². The second-order valence-corrected chi connectivity index (χ2v) is 10.9. The zero-order chi connectivity index (χ0) is 25.7. The Balaban J connectivity index is 1.26. The zero-order valence-electron chi connectivity index (χ0n) is 20.8. The minimum Gasteiger partial charge on any atom is -0.497 e. The lowest BCUT2D eigenvalue weighted by atomic mass is 9.48. The molecule has 0 radical (unpaired) electrons. The lowest BCUT2D eigenvalue weighted by Crippen LogP contribution is -2.59. The summed E-state index contributed by atoms with van der Waals surface area (Å²) < 4.78 is 27.9. The van der Waals surface area contributed by atoms with Crippen molar-refractivity contribution in [2.24, 2.45) is 29.1 Å². The van der Waals surface area contributed by atoms with Crippen LogP contribution in [-0.4, -0.2) is 37.2 Å². The van der Waals surface area contributed by atoms with E-state index >= 15 is 0 Å². The quantitative estimate of drug-likeness (QED) is 0.332. The lowest BCUT2D eigenvalue weighted by Gasteiger charge is -2.57. The molecule has 1 aromatic carbocycles. The van der Waals surface area contributed by atoms with Crippen LogP contribution in [0, 0.1) is 29.1 Å². The summed E-state index contributed by atoms with van der Waals surface area (Å²) in [6.07, 6.45) is 7.33. The standard InChI is InChI=1S/C29H30O8/c1-29-14-24(17-9-10-34-15-17)37-28(32)22(29)13-23(26-20-11-19(12-21(26)29)35-27(20)31)36-25(30)8-5-16-3-6-18(33-2)7-4-16/h3-10,15,19-24,26H,11-14H2,1-2H3/b8-5+. The van der Waals surface area contributed by atoms with Crippen LogP contribution >= 0.6 is 0 Å². The van der Waals surface area contributed by atoms with Crippen molar-refractivity contribution in [1.29, 1.82) is 0 Å². The number of benzene rings is 1. The van der Waals surface area contributed by atoms with Gasteiger partial charge in [0.05, 0.1) is 31.5 Å². The van der Waals surface area contributed by atoms with Crippen LogP contribution in [0.25, 0.3) is 6.08 Å². The van der Waals surface area contributed by atoms with E-state index in [0.717, 1.165) is 16.9 Å². The molecule has 2 saturated heterocycles. The Hall–Kier alpha value is -3.55. The highest BCUT2D eigenvalue weighted by atomic mass is 16.6. The molecule has 8 nitrogen and oxygen atoms in total. The summed E-state index contributed by atoms with van der Waals surface area (Å²) in [6.45, 7) is 2.12. The van der Waals surface area contributed by atoms with Crippen molar-refractivity contribution in [3.05, 3.63) is 60.1 Å². The minimum atomic E-state index is -0.578. The normalized spacial score (nSPS) is 36.3. The van der Waals surface area contributed by atoms with E-state index < -0.39 is 29.5 Å². The van der Waals surface area contributed by atoms with E-state index in [1.165, 1.54) is 6.08 Å². The first-order valence-corrected chi connectivity index (χ1v) is 12.8. The van der Waals surface area contributed by atoms with Gasteiger partial charge >= 0.3 is 17.9 Å². The third-order valence-electron chi connectivity index (χ3n) is 8.97. The summed E-state index contributed by atoms with van der Waals surface area (Å²) in [5, 5.41) is 0. The fourth-order valence-electron chi connectivity index (χ4n) is 7.16. The first kappa shape index (κ1) is 23.8. The maximum Gasteiger partial charge on any atom is 0.331 e. The monoisotopic (exact) mass is 506 g/mol. The van der Waals surface area contributed by atoms with Crippen LogP contribution in [0.1, 0.15) is 49.8 Å². The lowest BCUT2D eigenvalue weighted by molar-refractivity contribution is -0.207. The number of hydrogen-bond donors (Lipinski definition) is 0. The van der Waals surface area contributed by atoms with Gasteiger partial charge in [0.1, 0.15) is 24.1 Å². The topological polar surface area (TPSA) is 101 Å². The average molecular weight is 507 g/mol. The highest BCUT2D eigenvalue weighted by Crippen LogP contribution is 2.62. The minimum absolute atomic E-state index is 0.0212. The SMILES string of the molecule is COc1ccc(/C=C/C(=O)OC2CC3C(=O)OC(c4ccoc4)CC3(C)C3CC4CC(C(=O)O4)C23)cc1. The number of hydrogen-bond acceptors (Lipinski definition) is 8. The largest absolute Gasteiger partial charge is 0.497 e. The molecule has 3 heterocycles. The zero-order valence-corrected chi connectivity index (χ0v) is 20.8. The van der Waals surface area contributed by atoms with Gasteiger partial charge in [0.25, 0.3) is 0 Å². The number of carbonyl (C=O) groups is 3. The Morgan fingerprint density at radius 2 is 1.86 bits per heavy atom. The first-order chi connectivity index (χ1) is 17.9. The Bertz CT molecular complexity index is 1220. The van der Waals surface area contributed by atoms with Crippen molar-refractivity contribution in [3.63, 3.8) is 0 Å². The molecule has 0 spiro atoms. The smallest absolute Gasteiger partial charge is 0.331 e. The Kier molecular flexibility index (Phi) is 5.85. The molecule has 2 aliphatic heterocycles. The number of carbonyl (C=O) groups excluding carboxylic acids is 3. The van der Waals surface area contributed by atoms with Crippen molar-refractivity contribution in [2.75, 3.05) is 7.11 Å². The third kappa shape index (κ3) is 4.12. The van der Waals surface area contributed by atoms with Crippen LogP contribution in [0.5, 0.6) is 5.75 Å². The number of cyclic esters (lactones) is 1. The summed E-state index contributed by atoms with van der Waals surface area (Å²) in [6, 6.07) is 9.13. The molecule has 0 amide bonds. The highest BCUT2D eigenvalue weighted by molar-refractivity contribution is 5.87. The van der Waals surface area contributed by atoms with E-state index in [2.05, 4.69) is 6.92 Å². The molecule has 2 aliphatic carbocycles. The second-order valence-electron chi connectivity index (χ2n) is 10.9. The Morgan fingerprint density at radius 1 is 1.05 bits per heavy atom. The van der Waals surface area contributed by atoms with Crippen LogP contribution < -0.4 is 4.74 Å². The van der Waals surface area contributed by atoms with Crippen molar-refractivity contribution >= 4 is 24.0 Å². The highest BCUT2D eigenvalue weighted by Gasteiger charge is 2.65. The summed E-state index contributed by atoms with van der Waals surface area (Å²) in [7, 11) is 1.60. The van der Waals surface area contributed by atoms with Crippen molar-refractivity contribution in [2.45, 2.75) is 50.9 Å². The molecule has 8 atom stereocenters. The molecule has 8 unspecified atom stereocenters. The summed E-state index contributed by atoms with van der Waals surface area (Å²) in [4.78, 5) is 39.1. The number of methoxy groups -OCH3 is 1. The predicted octanol–water partition coefficient (Wildman–Crippen LogP) is 4.50. The summed E-state index contributed by atoms with van der Waals surface area (Å²) in [5.41, 5.74) is 1.23. The van der Waals surface area contributed by atoms with Gasteiger partial charge in [-0.05, 0) is 66.9 Å². The van der Waals surface area contributed by atoms with Crippen molar-refractivity contribution in [1.82, 2.24) is 0 Å². The van der Waals surface area contributed by atoms with Gasteiger partial charge in [-0.3, -0.25) is 9.59 Å². The van der Waals surface area contributed by atoms with Gasteiger partial charge in [-0.2, -0.15) is 0 Å². The van der Waals surface area contributed by atoms with Gasteiger partial charge in [0, 0.05) is 17.6 Å². The van der Waals surface area contributed by atoms with Crippen LogP contribution in [0.2, 0.25) is 0 Å². The van der Waals surface area contributed by atoms with Gasteiger partial charge < -0.3 is 23.4 Å². The molecule has 37 heavy (non-hydrogen) atoms. The molecular weight excluding hydrogens is 476 g/mol. The van der Waals surface area contributed by atoms with Gasteiger partial charge in [-0.25, -0.2) is 4.79 Å². The second kappa shape index (κ2) is 9.08. The van der Waals surface area contributed by atoms with Crippen LogP contribution in [0.3, 0.4) is 0 Å². The summed E-state index contributed by atoms with van der Waals surface area (Å²) >= 11 is 0. The van der Waals surface area contributed by atoms with Gasteiger partial charge in [0.2, 0.25) is 0 Å². The predicted molar refractivity (Wildman–Crippen MR) is 130 cm³/mol. The van der Waals surface area contributed by atoms with E-state index in [1.807, 2.05) is 30.3 Å². The first-order valence-electron chi connectivity index (χ1n) is 12.8. The number of fused-ring (bicyclic) bond motifs is 6. The van der Waals surface area contributed by atoms with E-state index in [-0.39, 0.29) is 35.8 Å². The van der Waals surface area contributed by atoms with Crippen LogP contribution in [0.4, 0.5) is 0 Å². The third-order valence-corrected chi connectivity index (χ3v) is 8.97. The molecule has 4 fully saturated rings. The molecule has 8 heteroatoms. The maximum absolute atomic E-state index is 13.3. The Morgan fingerprint density at radius 3 is 2.59 bits per heavy atom. The van der Waals surface area contributed by atoms with Gasteiger partial charge in [-0.1, -0.05) is 19.1 Å².